The van der Waals surface area contributed by atoms with Crippen LogP contribution in [0.5, 0.6) is 0 Å². The van der Waals surface area contributed by atoms with Crippen molar-refractivity contribution in [1.29, 1.82) is 0 Å². The van der Waals surface area contributed by atoms with E-state index in [0.29, 0.717) is 17.3 Å². The van der Waals surface area contributed by atoms with Crippen LogP contribution in [-0.4, -0.2) is 18.5 Å². The highest BCUT2D eigenvalue weighted by Gasteiger charge is 2.24. The summed E-state index contributed by atoms with van der Waals surface area (Å²) in [7, 11) is 0. The largest absolute Gasteiger partial charge is 0.399 e. The molecule has 1 saturated heterocycles. The molecular weight excluding hydrogens is 390 g/mol. The number of hydrogen-bond acceptors (Lipinski definition) is 3. The number of carbonyl (C=O) groups is 1. The van der Waals surface area contributed by atoms with Crippen LogP contribution < -0.4 is 16.0 Å². The quantitative estimate of drug-likeness (QED) is 0.670. The van der Waals surface area contributed by atoms with E-state index >= 15 is 0 Å². The molecule has 3 rings (SSSR count). The fourth-order valence-corrected chi connectivity index (χ4v) is 4.42. The molecule has 0 bridgehead atoms. The number of nitrogens with two attached hydrogens (primary N) is 1. The molecule has 5 heteroatoms. The second-order valence-electron chi connectivity index (χ2n) is 7.18. The molecule has 4 nitrogen and oxygen atoms in total. The summed E-state index contributed by atoms with van der Waals surface area (Å²) in [4.78, 5) is 15.5. The standard InChI is InChI=1S/C21H26BrN3O/c1-13-10-16(22)11-14(2)20(13)24-21(26)18-12-17(23)7-8-19(18)25-9-5-4-6-15(25)3/h7-8,10-12,15H,4-6,9,23H2,1-3H3,(H,24,26). The second kappa shape index (κ2) is 7.70. The van der Waals surface area contributed by atoms with E-state index in [2.05, 4.69) is 33.1 Å². The summed E-state index contributed by atoms with van der Waals surface area (Å²) >= 11 is 3.50. The second-order valence-corrected chi connectivity index (χ2v) is 8.10. The van der Waals surface area contributed by atoms with Crippen molar-refractivity contribution in [2.45, 2.75) is 46.1 Å². The summed E-state index contributed by atoms with van der Waals surface area (Å²) in [5.74, 6) is -0.112. The van der Waals surface area contributed by atoms with E-state index in [4.69, 9.17) is 5.73 Å². The first-order valence-corrected chi connectivity index (χ1v) is 9.90. The van der Waals surface area contributed by atoms with Gasteiger partial charge < -0.3 is 16.0 Å². The lowest BCUT2D eigenvalue weighted by Gasteiger charge is -2.36. The van der Waals surface area contributed by atoms with Crippen molar-refractivity contribution in [3.63, 3.8) is 0 Å². The minimum Gasteiger partial charge on any atom is -0.399 e. The number of halogens is 1. The van der Waals surface area contributed by atoms with Gasteiger partial charge in [0, 0.05) is 34.1 Å². The van der Waals surface area contributed by atoms with E-state index in [0.717, 1.165) is 46.4 Å². The average Bonchev–Trinajstić information content (AvgIpc) is 2.58. The van der Waals surface area contributed by atoms with Crippen molar-refractivity contribution in [3.05, 3.63) is 51.5 Å². The van der Waals surface area contributed by atoms with Crippen LogP contribution in [-0.2, 0) is 0 Å². The molecule has 0 aromatic heterocycles. The predicted molar refractivity (Wildman–Crippen MR) is 113 cm³/mol. The third kappa shape index (κ3) is 3.88. The molecule has 1 unspecified atom stereocenters. The Balaban J connectivity index is 1.96. The van der Waals surface area contributed by atoms with Crippen molar-refractivity contribution in [1.82, 2.24) is 0 Å². The molecule has 0 radical (unpaired) electrons. The number of piperidine rings is 1. The molecule has 1 fully saturated rings. The Morgan fingerprint density at radius 1 is 1.19 bits per heavy atom. The average molecular weight is 416 g/mol. The van der Waals surface area contributed by atoms with Gasteiger partial charge in [0.15, 0.2) is 0 Å². The van der Waals surface area contributed by atoms with Crippen LogP contribution >= 0.6 is 15.9 Å². The van der Waals surface area contributed by atoms with E-state index in [-0.39, 0.29) is 5.91 Å². The van der Waals surface area contributed by atoms with E-state index in [1.54, 1.807) is 6.07 Å². The smallest absolute Gasteiger partial charge is 0.257 e. The molecule has 2 aromatic rings. The van der Waals surface area contributed by atoms with E-state index in [9.17, 15) is 4.79 Å². The number of anilines is 3. The molecule has 1 aliphatic rings. The Morgan fingerprint density at radius 3 is 2.54 bits per heavy atom. The van der Waals surface area contributed by atoms with Crippen LogP contribution in [0.15, 0.2) is 34.8 Å². The van der Waals surface area contributed by atoms with Gasteiger partial charge in [0.25, 0.3) is 5.91 Å². The molecule has 0 aliphatic carbocycles. The Morgan fingerprint density at radius 2 is 1.88 bits per heavy atom. The number of benzene rings is 2. The lowest BCUT2D eigenvalue weighted by atomic mass is 10.00. The third-order valence-corrected chi connectivity index (χ3v) is 5.57. The Bertz CT molecular complexity index is 811. The molecule has 3 N–H and O–H groups in total. The van der Waals surface area contributed by atoms with Crippen molar-refractivity contribution >= 4 is 38.9 Å². The fraction of sp³-hybridized carbons (Fsp3) is 0.381. The van der Waals surface area contributed by atoms with Gasteiger partial charge in [-0.3, -0.25) is 4.79 Å². The van der Waals surface area contributed by atoms with Gasteiger partial charge in [0.2, 0.25) is 0 Å². The number of aryl methyl sites for hydroxylation is 2. The summed E-state index contributed by atoms with van der Waals surface area (Å²) in [6.45, 7) is 7.20. The van der Waals surface area contributed by atoms with Gasteiger partial charge in [0.05, 0.1) is 5.56 Å². The molecule has 1 atom stereocenters. The van der Waals surface area contributed by atoms with Crippen molar-refractivity contribution < 1.29 is 4.79 Å². The minimum atomic E-state index is -0.112. The molecular formula is C21H26BrN3O. The van der Waals surface area contributed by atoms with E-state index < -0.39 is 0 Å². The van der Waals surface area contributed by atoms with Gasteiger partial charge in [-0.2, -0.15) is 0 Å². The highest BCUT2D eigenvalue weighted by atomic mass is 79.9. The number of rotatable bonds is 3. The van der Waals surface area contributed by atoms with Gasteiger partial charge >= 0.3 is 0 Å². The van der Waals surface area contributed by atoms with Crippen LogP contribution in [0, 0.1) is 13.8 Å². The molecule has 138 valence electrons. The van der Waals surface area contributed by atoms with Crippen molar-refractivity contribution in [3.8, 4) is 0 Å². The molecule has 1 aliphatic heterocycles. The maximum Gasteiger partial charge on any atom is 0.257 e. The Labute approximate surface area is 163 Å². The third-order valence-electron chi connectivity index (χ3n) is 5.11. The molecule has 1 amide bonds. The van der Waals surface area contributed by atoms with E-state index in [1.165, 1.54) is 6.42 Å². The summed E-state index contributed by atoms with van der Waals surface area (Å²) in [6.07, 6.45) is 3.54. The number of hydrogen-bond donors (Lipinski definition) is 2. The minimum absolute atomic E-state index is 0.112. The number of nitrogen functional groups attached to an aromatic ring is 1. The molecule has 0 saturated carbocycles. The number of nitrogens with one attached hydrogen (secondary N) is 1. The van der Waals surface area contributed by atoms with Crippen LogP contribution in [0.25, 0.3) is 0 Å². The highest BCUT2D eigenvalue weighted by Crippen LogP contribution is 2.31. The summed E-state index contributed by atoms with van der Waals surface area (Å²) in [5.41, 5.74) is 11.1. The van der Waals surface area contributed by atoms with Gasteiger partial charge in [-0.25, -0.2) is 0 Å². The lowest BCUT2D eigenvalue weighted by molar-refractivity contribution is 0.102. The molecule has 0 spiro atoms. The van der Waals surface area contributed by atoms with Gasteiger partial charge in [0.1, 0.15) is 0 Å². The van der Waals surface area contributed by atoms with E-state index in [1.807, 2.05) is 38.1 Å². The zero-order chi connectivity index (χ0) is 18.8. The lowest BCUT2D eigenvalue weighted by Crippen LogP contribution is -2.38. The monoisotopic (exact) mass is 415 g/mol. The number of carbonyl (C=O) groups excluding carboxylic acids is 1. The summed E-state index contributed by atoms with van der Waals surface area (Å²) in [6, 6.07) is 10.1. The van der Waals surface area contributed by atoms with Crippen LogP contribution in [0.2, 0.25) is 0 Å². The molecule has 26 heavy (non-hydrogen) atoms. The Kier molecular flexibility index (Phi) is 5.56. The van der Waals surface area contributed by atoms with Gasteiger partial charge in [-0.05, 0) is 81.5 Å². The zero-order valence-electron chi connectivity index (χ0n) is 15.6. The maximum absolute atomic E-state index is 13.1. The van der Waals surface area contributed by atoms with Crippen molar-refractivity contribution in [2.75, 3.05) is 22.5 Å². The van der Waals surface area contributed by atoms with Crippen LogP contribution in [0.3, 0.4) is 0 Å². The maximum atomic E-state index is 13.1. The number of nitrogens with zero attached hydrogens (tertiary/aromatic N) is 1. The van der Waals surface area contributed by atoms with Gasteiger partial charge in [-0.15, -0.1) is 0 Å². The summed E-state index contributed by atoms with van der Waals surface area (Å²) in [5, 5.41) is 3.10. The molecule has 1 heterocycles. The van der Waals surface area contributed by atoms with Crippen molar-refractivity contribution in [2.24, 2.45) is 0 Å². The first-order chi connectivity index (χ1) is 12.4. The SMILES string of the molecule is Cc1cc(Br)cc(C)c1NC(=O)c1cc(N)ccc1N1CCCCC1C. The van der Waals surface area contributed by atoms with Crippen LogP contribution in [0.4, 0.5) is 17.1 Å². The highest BCUT2D eigenvalue weighted by molar-refractivity contribution is 9.10. The Hall–Kier alpha value is -2.01. The van der Waals surface area contributed by atoms with Crippen LogP contribution in [0.1, 0.15) is 47.7 Å². The predicted octanol–water partition coefficient (Wildman–Crippen LogP) is 5.28. The first kappa shape index (κ1) is 18.8. The normalized spacial score (nSPS) is 17.2. The number of amides is 1. The molecule has 2 aromatic carbocycles. The van der Waals surface area contributed by atoms with Gasteiger partial charge in [-0.1, -0.05) is 15.9 Å². The zero-order valence-corrected chi connectivity index (χ0v) is 17.2. The fourth-order valence-electron chi connectivity index (χ4n) is 3.73. The first-order valence-electron chi connectivity index (χ1n) is 9.11. The summed E-state index contributed by atoms with van der Waals surface area (Å²) < 4.78 is 1.01. The topological polar surface area (TPSA) is 58.4 Å².